The summed E-state index contributed by atoms with van der Waals surface area (Å²) in [6.45, 7) is 5.09. The molecule has 1 amide bonds. The summed E-state index contributed by atoms with van der Waals surface area (Å²) in [4.78, 5) is 21.5. The first-order valence-electron chi connectivity index (χ1n) is 11.3. The molecular formula is C25H31N5O3. The summed E-state index contributed by atoms with van der Waals surface area (Å²) in [6, 6.07) is 10.2. The van der Waals surface area contributed by atoms with E-state index < -0.39 is 6.10 Å². The lowest BCUT2D eigenvalue weighted by Gasteiger charge is -2.32. The van der Waals surface area contributed by atoms with Crippen LogP contribution in [-0.4, -0.2) is 64.7 Å². The maximum atomic E-state index is 13.3. The zero-order valence-electron chi connectivity index (χ0n) is 18.9. The van der Waals surface area contributed by atoms with Gasteiger partial charge in [0.2, 0.25) is 5.88 Å². The number of nitrogens with two attached hydrogens (primary N) is 1. The van der Waals surface area contributed by atoms with Gasteiger partial charge in [-0.05, 0) is 42.8 Å². The van der Waals surface area contributed by atoms with Gasteiger partial charge in [-0.1, -0.05) is 30.3 Å². The second-order valence-corrected chi connectivity index (χ2v) is 8.31. The maximum absolute atomic E-state index is 13.3. The number of aliphatic hydroxyl groups excluding tert-OH is 1. The average molecular weight is 450 g/mol. The number of nitrogens with one attached hydrogen (secondary N) is 1. The largest absolute Gasteiger partial charge is 0.475 e. The predicted octanol–water partition coefficient (Wildman–Crippen LogP) is 2.12. The smallest absolute Gasteiger partial charge is 0.259 e. The highest BCUT2D eigenvalue weighted by atomic mass is 16.5. The number of anilines is 1. The molecule has 2 aliphatic rings. The summed E-state index contributed by atoms with van der Waals surface area (Å²) in [7, 11) is 0. The van der Waals surface area contributed by atoms with Crippen LogP contribution in [0.4, 0.5) is 5.69 Å². The van der Waals surface area contributed by atoms with Crippen molar-refractivity contribution >= 4 is 11.6 Å². The van der Waals surface area contributed by atoms with Crippen molar-refractivity contribution in [3.05, 3.63) is 77.3 Å². The van der Waals surface area contributed by atoms with E-state index in [0.29, 0.717) is 36.8 Å². The number of allylic oxidation sites excluding steroid dienone is 2. The lowest BCUT2D eigenvalue weighted by molar-refractivity contribution is 0.0501. The van der Waals surface area contributed by atoms with E-state index in [2.05, 4.69) is 39.5 Å². The van der Waals surface area contributed by atoms with Crippen LogP contribution in [0.25, 0.3) is 0 Å². The van der Waals surface area contributed by atoms with E-state index in [4.69, 9.17) is 10.5 Å². The lowest BCUT2D eigenvalue weighted by Crippen LogP contribution is -2.44. The van der Waals surface area contributed by atoms with E-state index >= 15 is 0 Å². The Morgan fingerprint density at radius 1 is 1.30 bits per heavy atom. The van der Waals surface area contributed by atoms with E-state index in [1.807, 2.05) is 13.0 Å². The van der Waals surface area contributed by atoms with Crippen LogP contribution in [0, 0.1) is 0 Å². The standard InChI is InChI=1S/C25H31N5O3/c1-2-20(7-9-26)28-21-13-23-24(27-14-21)33-12-11-30(25(23)32)17-22(31)16-29-10-8-18-5-3-4-6-19(18)15-29/h2-7,9,13-14,22,28,31H,8,10-12,15-17,26H2,1H3/b9-7-,20-2+. The van der Waals surface area contributed by atoms with Gasteiger partial charge in [0.1, 0.15) is 12.2 Å². The minimum atomic E-state index is -0.653. The Labute approximate surface area is 194 Å². The highest BCUT2D eigenvalue weighted by Crippen LogP contribution is 2.25. The molecule has 0 bridgehead atoms. The van der Waals surface area contributed by atoms with Crippen molar-refractivity contribution in [3.8, 4) is 5.88 Å². The van der Waals surface area contributed by atoms with Gasteiger partial charge in [-0.25, -0.2) is 4.98 Å². The van der Waals surface area contributed by atoms with Crippen molar-refractivity contribution in [1.29, 1.82) is 0 Å². The molecule has 2 aromatic rings. The number of nitrogens with zero attached hydrogens (tertiary/aromatic N) is 3. The molecule has 0 saturated heterocycles. The maximum Gasteiger partial charge on any atom is 0.259 e. The van der Waals surface area contributed by atoms with Gasteiger partial charge in [-0.15, -0.1) is 0 Å². The Kier molecular flexibility index (Phi) is 7.26. The van der Waals surface area contributed by atoms with Gasteiger partial charge in [-0.3, -0.25) is 9.69 Å². The van der Waals surface area contributed by atoms with E-state index in [0.717, 1.165) is 25.2 Å². The number of ether oxygens (including phenoxy) is 1. The van der Waals surface area contributed by atoms with Crippen molar-refractivity contribution in [2.75, 3.05) is 38.1 Å². The van der Waals surface area contributed by atoms with Crippen LogP contribution in [0.2, 0.25) is 0 Å². The topological polar surface area (TPSA) is 104 Å². The van der Waals surface area contributed by atoms with Crippen LogP contribution in [0.5, 0.6) is 5.88 Å². The van der Waals surface area contributed by atoms with Crippen molar-refractivity contribution in [2.24, 2.45) is 5.73 Å². The van der Waals surface area contributed by atoms with Crippen LogP contribution in [0.15, 0.2) is 60.6 Å². The molecule has 4 N–H and O–H groups in total. The van der Waals surface area contributed by atoms with Gasteiger partial charge in [0.15, 0.2) is 0 Å². The fourth-order valence-corrected chi connectivity index (χ4v) is 4.29. The minimum absolute atomic E-state index is 0.196. The molecule has 0 fully saturated rings. The minimum Gasteiger partial charge on any atom is -0.475 e. The predicted molar refractivity (Wildman–Crippen MR) is 128 cm³/mol. The number of pyridine rings is 1. The SMILES string of the molecule is C/C=C(\C=C/N)Nc1cnc2c(c1)C(=O)N(CC(O)CN1CCc3ccccc3C1)CCO2. The molecule has 174 valence electrons. The number of benzene rings is 1. The van der Waals surface area contributed by atoms with Gasteiger partial charge in [0.25, 0.3) is 5.91 Å². The monoisotopic (exact) mass is 449 g/mol. The first-order valence-corrected chi connectivity index (χ1v) is 11.3. The quantitative estimate of drug-likeness (QED) is 0.556. The zero-order valence-corrected chi connectivity index (χ0v) is 18.9. The van der Waals surface area contributed by atoms with Crippen molar-refractivity contribution in [1.82, 2.24) is 14.8 Å². The van der Waals surface area contributed by atoms with Gasteiger partial charge >= 0.3 is 0 Å². The highest BCUT2D eigenvalue weighted by molar-refractivity contribution is 5.97. The summed E-state index contributed by atoms with van der Waals surface area (Å²) >= 11 is 0. The highest BCUT2D eigenvalue weighted by Gasteiger charge is 2.28. The Balaban J connectivity index is 1.41. The summed E-state index contributed by atoms with van der Waals surface area (Å²) in [5, 5.41) is 14.0. The molecule has 3 heterocycles. The summed E-state index contributed by atoms with van der Waals surface area (Å²) in [6.07, 6.45) is 6.98. The van der Waals surface area contributed by atoms with Crippen LogP contribution in [0.3, 0.4) is 0 Å². The first kappa shape index (κ1) is 22.8. The number of hydrogen-bond acceptors (Lipinski definition) is 7. The average Bonchev–Trinajstić information content (AvgIpc) is 2.97. The van der Waals surface area contributed by atoms with E-state index in [-0.39, 0.29) is 12.5 Å². The number of aromatic nitrogens is 1. The molecule has 0 aliphatic carbocycles. The molecule has 33 heavy (non-hydrogen) atoms. The first-order chi connectivity index (χ1) is 16.1. The number of rotatable bonds is 7. The Morgan fingerprint density at radius 3 is 2.91 bits per heavy atom. The third-order valence-corrected chi connectivity index (χ3v) is 5.95. The van der Waals surface area contributed by atoms with Crippen LogP contribution in [0.1, 0.15) is 28.4 Å². The van der Waals surface area contributed by atoms with Crippen molar-refractivity contribution in [3.63, 3.8) is 0 Å². The third kappa shape index (κ3) is 5.53. The summed E-state index contributed by atoms with van der Waals surface area (Å²) < 4.78 is 5.71. The Hall–Kier alpha value is -3.36. The van der Waals surface area contributed by atoms with Crippen LogP contribution < -0.4 is 15.8 Å². The number of β-amino-alcohol motifs (C(OH)–C–C–N with tert-alkyl or cyclic N) is 1. The van der Waals surface area contributed by atoms with Crippen LogP contribution in [-0.2, 0) is 13.0 Å². The van der Waals surface area contributed by atoms with Gasteiger partial charge < -0.3 is 25.8 Å². The zero-order chi connectivity index (χ0) is 23.2. The normalized spacial score (nSPS) is 17.8. The van der Waals surface area contributed by atoms with Gasteiger partial charge in [0.05, 0.1) is 24.5 Å². The lowest BCUT2D eigenvalue weighted by atomic mass is 10.00. The fourth-order valence-electron chi connectivity index (χ4n) is 4.29. The molecule has 1 unspecified atom stereocenters. The molecule has 1 atom stereocenters. The van der Waals surface area contributed by atoms with Crippen molar-refractivity contribution in [2.45, 2.75) is 26.0 Å². The number of aliphatic hydroxyl groups is 1. The molecule has 2 aliphatic heterocycles. The molecule has 1 aromatic carbocycles. The number of carbonyl (C=O) groups is 1. The van der Waals surface area contributed by atoms with Gasteiger partial charge in [0, 0.05) is 31.9 Å². The van der Waals surface area contributed by atoms with Crippen molar-refractivity contribution < 1.29 is 14.6 Å². The second-order valence-electron chi connectivity index (χ2n) is 8.31. The van der Waals surface area contributed by atoms with E-state index in [9.17, 15) is 9.90 Å². The summed E-state index contributed by atoms with van der Waals surface area (Å²) in [5.74, 6) is 0.115. The van der Waals surface area contributed by atoms with Crippen LogP contribution >= 0.6 is 0 Å². The van der Waals surface area contributed by atoms with E-state index in [1.165, 1.54) is 17.3 Å². The molecule has 8 nitrogen and oxygen atoms in total. The Bertz CT molecular complexity index is 1050. The molecule has 0 spiro atoms. The number of fused-ring (bicyclic) bond motifs is 2. The summed E-state index contributed by atoms with van der Waals surface area (Å²) in [5.41, 5.74) is 9.99. The number of amides is 1. The second kappa shape index (κ2) is 10.5. The molecule has 0 saturated carbocycles. The number of carbonyl (C=O) groups excluding carboxylic acids is 1. The molecule has 4 rings (SSSR count). The van der Waals surface area contributed by atoms with E-state index in [1.54, 1.807) is 23.2 Å². The molecule has 8 heteroatoms. The Morgan fingerprint density at radius 2 is 2.12 bits per heavy atom. The molecule has 0 radical (unpaired) electrons. The molecular weight excluding hydrogens is 418 g/mol. The van der Waals surface area contributed by atoms with Gasteiger partial charge in [-0.2, -0.15) is 0 Å². The third-order valence-electron chi connectivity index (χ3n) is 5.95. The molecule has 1 aromatic heterocycles. The fraction of sp³-hybridized carbons (Fsp3) is 0.360. The number of hydrogen-bond donors (Lipinski definition) is 3.